The summed E-state index contributed by atoms with van der Waals surface area (Å²) in [5, 5.41) is 2.71. The van der Waals surface area contributed by atoms with Gasteiger partial charge in [0.1, 0.15) is 6.04 Å². The number of amides is 2. The summed E-state index contributed by atoms with van der Waals surface area (Å²) in [7, 11) is 0. The van der Waals surface area contributed by atoms with Gasteiger partial charge in [0, 0.05) is 25.6 Å². The highest BCUT2D eigenvalue weighted by Gasteiger charge is 2.30. The Labute approximate surface area is 83.6 Å². The number of hydrogen-bond donors (Lipinski definition) is 2. The van der Waals surface area contributed by atoms with Gasteiger partial charge in [-0.3, -0.25) is 9.59 Å². The van der Waals surface area contributed by atoms with Gasteiger partial charge in [0.25, 0.3) is 0 Å². The molecule has 2 atom stereocenters. The maximum absolute atomic E-state index is 11.8. The molecular formula is C9H17N3O2. The lowest BCUT2D eigenvalue weighted by Gasteiger charge is -2.34. The van der Waals surface area contributed by atoms with Crippen LogP contribution in [0.1, 0.15) is 13.8 Å². The van der Waals surface area contributed by atoms with E-state index in [1.165, 1.54) is 0 Å². The van der Waals surface area contributed by atoms with E-state index in [-0.39, 0.29) is 23.8 Å². The van der Waals surface area contributed by atoms with E-state index in [0.717, 1.165) is 0 Å². The second-order valence-electron chi connectivity index (χ2n) is 3.64. The van der Waals surface area contributed by atoms with Crippen molar-refractivity contribution in [1.29, 1.82) is 0 Å². The van der Waals surface area contributed by atoms with Crippen LogP contribution in [0.3, 0.4) is 0 Å². The Balaban J connectivity index is 2.66. The number of hydrogen-bond acceptors (Lipinski definition) is 3. The fraction of sp³-hybridized carbons (Fsp3) is 0.778. The van der Waals surface area contributed by atoms with E-state index in [1.54, 1.807) is 18.7 Å². The Hall–Kier alpha value is -1.10. The molecule has 2 amide bonds. The van der Waals surface area contributed by atoms with E-state index < -0.39 is 0 Å². The minimum Gasteiger partial charge on any atom is -0.353 e. The summed E-state index contributed by atoms with van der Waals surface area (Å²) in [6, 6.07) is -0.370. The maximum atomic E-state index is 11.8. The van der Waals surface area contributed by atoms with Gasteiger partial charge in [0.05, 0.1) is 0 Å². The minimum absolute atomic E-state index is 0.0325. The first-order valence-corrected chi connectivity index (χ1v) is 4.86. The summed E-state index contributed by atoms with van der Waals surface area (Å²) in [6.45, 7) is 4.95. The zero-order chi connectivity index (χ0) is 10.7. The van der Waals surface area contributed by atoms with E-state index >= 15 is 0 Å². The zero-order valence-electron chi connectivity index (χ0n) is 8.62. The molecule has 3 N–H and O–H groups in total. The van der Waals surface area contributed by atoms with Crippen molar-refractivity contribution in [1.82, 2.24) is 10.2 Å². The molecule has 1 rings (SSSR count). The Bertz CT molecular complexity index is 242. The first kappa shape index (κ1) is 11.0. The number of nitrogens with two attached hydrogens (primary N) is 1. The van der Waals surface area contributed by atoms with Crippen LogP contribution in [0, 0.1) is 5.92 Å². The third-order valence-electron chi connectivity index (χ3n) is 2.56. The van der Waals surface area contributed by atoms with Gasteiger partial charge in [-0.2, -0.15) is 0 Å². The molecule has 80 valence electrons. The highest BCUT2D eigenvalue weighted by Crippen LogP contribution is 2.08. The molecule has 2 unspecified atom stereocenters. The lowest BCUT2D eigenvalue weighted by molar-refractivity contribution is -0.144. The van der Waals surface area contributed by atoms with E-state index in [0.29, 0.717) is 19.6 Å². The molecule has 5 nitrogen and oxygen atoms in total. The average molecular weight is 199 g/mol. The van der Waals surface area contributed by atoms with Crippen LogP contribution < -0.4 is 11.1 Å². The normalized spacial score (nSPS) is 24.4. The molecule has 1 saturated heterocycles. The van der Waals surface area contributed by atoms with E-state index in [4.69, 9.17) is 5.73 Å². The summed E-state index contributed by atoms with van der Waals surface area (Å²) < 4.78 is 0. The topological polar surface area (TPSA) is 75.4 Å². The molecule has 1 heterocycles. The van der Waals surface area contributed by atoms with Crippen molar-refractivity contribution in [3.8, 4) is 0 Å². The highest BCUT2D eigenvalue weighted by atomic mass is 16.2. The van der Waals surface area contributed by atoms with Crippen molar-refractivity contribution in [3.63, 3.8) is 0 Å². The van der Waals surface area contributed by atoms with Crippen LogP contribution in [0.4, 0.5) is 0 Å². The van der Waals surface area contributed by atoms with Crippen LogP contribution in [0.15, 0.2) is 0 Å². The number of nitrogens with zero attached hydrogens (tertiary/aromatic N) is 1. The summed E-state index contributed by atoms with van der Waals surface area (Å²) in [4.78, 5) is 24.6. The molecule has 0 bridgehead atoms. The second kappa shape index (κ2) is 4.41. The lowest BCUT2D eigenvalue weighted by Crippen LogP contribution is -2.57. The molecule has 1 aliphatic rings. The molecular weight excluding hydrogens is 182 g/mol. The van der Waals surface area contributed by atoms with Gasteiger partial charge in [-0.25, -0.2) is 0 Å². The monoisotopic (exact) mass is 199 g/mol. The SMILES string of the molecule is CC(CN)C(=O)N1CCNC(=O)C1C. The molecule has 0 aromatic rings. The molecule has 0 spiro atoms. The zero-order valence-corrected chi connectivity index (χ0v) is 8.62. The largest absolute Gasteiger partial charge is 0.353 e. The third kappa shape index (κ3) is 2.04. The maximum Gasteiger partial charge on any atom is 0.242 e. The second-order valence-corrected chi connectivity index (χ2v) is 3.64. The third-order valence-corrected chi connectivity index (χ3v) is 2.56. The van der Waals surface area contributed by atoms with E-state index in [9.17, 15) is 9.59 Å². The van der Waals surface area contributed by atoms with Crippen molar-refractivity contribution in [3.05, 3.63) is 0 Å². The molecule has 1 fully saturated rings. The van der Waals surface area contributed by atoms with Crippen molar-refractivity contribution in [2.45, 2.75) is 19.9 Å². The predicted molar refractivity (Wildman–Crippen MR) is 52.4 cm³/mol. The Morgan fingerprint density at radius 2 is 2.43 bits per heavy atom. The molecule has 0 aromatic carbocycles. The van der Waals surface area contributed by atoms with Crippen molar-refractivity contribution >= 4 is 11.8 Å². The summed E-state index contributed by atoms with van der Waals surface area (Å²) in [5.41, 5.74) is 5.41. The highest BCUT2D eigenvalue weighted by molar-refractivity contribution is 5.89. The molecule has 0 aliphatic carbocycles. The van der Waals surface area contributed by atoms with Crippen LogP contribution in [-0.4, -0.2) is 42.4 Å². The van der Waals surface area contributed by atoms with Crippen molar-refractivity contribution < 1.29 is 9.59 Å². The van der Waals surface area contributed by atoms with Crippen LogP contribution in [0.2, 0.25) is 0 Å². The summed E-state index contributed by atoms with van der Waals surface area (Å²) in [6.07, 6.45) is 0. The molecule has 0 saturated carbocycles. The molecule has 14 heavy (non-hydrogen) atoms. The van der Waals surface area contributed by atoms with Gasteiger partial charge in [-0.05, 0) is 6.92 Å². The number of rotatable bonds is 2. The average Bonchev–Trinajstić information content (AvgIpc) is 2.20. The van der Waals surface area contributed by atoms with E-state index in [1.807, 2.05) is 0 Å². The first-order chi connectivity index (χ1) is 6.57. The van der Waals surface area contributed by atoms with Gasteiger partial charge in [0.15, 0.2) is 0 Å². The smallest absolute Gasteiger partial charge is 0.242 e. The van der Waals surface area contributed by atoms with E-state index in [2.05, 4.69) is 5.32 Å². The van der Waals surface area contributed by atoms with Crippen LogP contribution in [0.25, 0.3) is 0 Å². The number of carbonyl (C=O) groups excluding carboxylic acids is 2. The van der Waals surface area contributed by atoms with Crippen LogP contribution in [0.5, 0.6) is 0 Å². The van der Waals surface area contributed by atoms with Gasteiger partial charge < -0.3 is 16.0 Å². The van der Waals surface area contributed by atoms with Gasteiger partial charge in [-0.15, -0.1) is 0 Å². The molecule has 0 radical (unpaired) electrons. The Morgan fingerprint density at radius 1 is 1.79 bits per heavy atom. The van der Waals surface area contributed by atoms with Gasteiger partial charge in [0.2, 0.25) is 11.8 Å². The van der Waals surface area contributed by atoms with Gasteiger partial charge in [-0.1, -0.05) is 6.92 Å². The number of piperazine rings is 1. The minimum atomic E-state index is -0.370. The number of carbonyl (C=O) groups is 2. The standard InChI is InChI=1S/C9H17N3O2/c1-6(5-10)9(14)12-4-3-11-8(13)7(12)2/h6-7H,3-5,10H2,1-2H3,(H,11,13). The Kier molecular flexibility index (Phi) is 3.46. The van der Waals surface area contributed by atoms with Gasteiger partial charge >= 0.3 is 0 Å². The fourth-order valence-corrected chi connectivity index (χ4v) is 1.47. The molecule has 1 aliphatic heterocycles. The first-order valence-electron chi connectivity index (χ1n) is 4.86. The predicted octanol–water partition coefficient (Wildman–Crippen LogP) is -1.07. The van der Waals surface area contributed by atoms with Crippen molar-refractivity contribution in [2.75, 3.05) is 19.6 Å². The summed E-state index contributed by atoms with van der Waals surface area (Å²) in [5.74, 6) is -0.327. The quantitative estimate of drug-likeness (QED) is 0.594. The number of nitrogens with one attached hydrogen (secondary N) is 1. The van der Waals surface area contributed by atoms with Crippen molar-refractivity contribution in [2.24, 2.45) is 11.7 Å². The molecule has 5 heteroatoms. The lowest BCUT2D eigenvalue weighted by atomic mass is 10.1. The Morgan fingerprint density at radius 3 is 3.00 bits per heavy atom. The van der Waals surface area contributed by atoms with Crippen LogP contribution in [-0.2, 0) is 9.59 Å². The fourth-order valence-electron chi connectivity index (χ4n) is 1.47. The molecule has 0 aromatic heterocycles. The summed E-state index contributed by atoms with van der Waals surface area (Å²) >= 11 is 0. The van der Waals surface area contributed by atoms with Crippen LogP contribution >= 0.6 is 0 Å².